The molecule has 1 atom stereocenters. The van der Waals surface area contributed by atoms with Crippen molar-refractivity contribution in [3.8, 4) is 0 Å². The van der Waals surface area contributed by atoms with Gasteiger partial charge in [0, 0.05) is 18.0 Å². The Morgan fingerprint density at radius 3 is 2.61 bits per heavy atom. The maximum Gasteiger partial charge on any atom is 0.0387 e. The number of hydrogen-bond acceptors (Lipinski definition) is 2. The summed E-state index contributed by atoms with van der Waals surface area (Å²) in [5, 5.41) is 6.92. The minimum Gasteiger partial charge on any atom is -0.319 e. The lowest BCUT2D eigenvalue weighted by Crippen LogP contribution is -2.33. The molecule has 0 spiro atoms. The van der Waals surface area contributed by atoms with E-state index >= 15 is 0 Å². The third kappa shape index (κ3) is 1.98. The summed E-state index contributed by atoms with van der Waals surface area (Å²) in [6.45, 7) is 1.12. The van der Waals surface area contributed by atoms with Gasteiger partial charge in [-0.15, -0.1) is 0 Å². The van der Waals surface area contributed by atoms with Gasteiger partial charge in [0.25, 0.3) is 0 Å². The summed E-state index contributed by atoms with van der Waals surface area (Å²) in [7, 11) is 4.17. The molecule has 0 aliphatic heterocycles. The van der Waals surface area contributed by atoms with E-state index < -0.39 is 0 Å². The zero-order valence-corrected chi connectivity index (χ0v) is 11.6. The SMILES string of the molecule is CNCC1(C(NC)c2ccc3c(c2)CCC3)CC1. The van der Waals surface area contributed by atoms with E-state index in [1.54, 1.807) is 11.1 Å². The van der Waals surface area contributed by atoms with Crippen molar-refractivity contribution in [1.29, 1.82) is 0 Å². The highest BCUT2D eigenvalue weighted by Crippen LogP contribution is 2.54. The van der Waals surface area contributed by atoms with Crippen LogP contribution in [0.5, 0.6) is 0 Å². The van der Waals surface area contributed by atoms with E-state index in [9.17, 15) is 0 Å². The lowest BCUT2D eigenvalue weighted by molar-refractivity contribution is 0.346. The van der Waals surface area contributed by atoms with Crippen molar-refractivity contribution in [2.24, 2.45) is 5.41 Å². The summed E-state index contributed by atoms with van der Waals surface area (Å²) in [4.78, 5) is 0. The van der Waals surface area contributed by atoms with E-state index in [2.05, 4.69) is 42.9 Å². The number of hydrogen-bond donors (Lipinski definition) is 2. The van der Waals surface area contributed by atoms with Crippen LogP contribution >= 0.6 is 0 Å². The lowest BCUT2D eigenvalue weighted by atomic mass is 9.88. The minimum absolute atomic E-state index is 0.455. The maximum absolute atomic E-state index is 3.56. The highest BCUT2D eigenvalue weighted by molar-refractivity contribution is 5.38. The summed E-state index contributed by atoms with van der Waals surface area (Å²) in [5.41, 5.74) is 5.11. The molecule has 98 valence electrons. The van der Waals surface area contributed by atoms with Crippen molar-refractivity contribution < 1.29 is 0 Å². The molecule has 2 aliphatic rings. The van der Waals surface area contributed by atoms with E-state index in [1.165, 1.54) is 37.7 Å². The van der Waals surface area contributed by atoms with Crippen molar-refractivity contribution in [3.05, 3.63) is 34.9 Å². The van der Waals surface area contributed by atoms with Crippen LogP contribution in [0.1, 0.15) is 42.0 Å². The molecule has 3 rings (SSSR count). The second-order valence-corrected chi connectivity index (χ2v) is 6.00. The number of fused-ring (bicyclic) bond motifs is 1. The Balaban J connectivity index is 1.88. The fraction of sp³-hybridized carbons (Fsp3) is 0.625. The van der Waals surface area contributed by atoms with Crippen molar-refractivity contribution >= 4 is 0 Å². The van der Waals surface area contributed by atoms with Crippen LogP contribution in [0.25, 0.3) is 0 Å². The molecule has 0 saturated heterocycles. The van der Waals surface area contributed by atoms with Crippen molar-refractivity contribution in [3.63, 3.8) is 0 Å². The highest BCUT2D eigenvalue weighted by Gasteiger charge is 2.48. The Labute approximate surface area is 110 Å². The molecule has 1 saturated carbocycles. The summed E-state index contributed by atoms with van der Waals surface area (Å²) >= 11 is 0. The van der Waals surface area contributed by atoms with Gasteiger partial charge in [-0.05, 0) is 62.9 Å². The molecule has 2 aliphatic carbocycles. The first-order valence-electron chi connectivity index (χ1n) is 7.23. The fourth-order valence-corrected chi connectivity index (χ4v) is 3.68. The lowest BCUT2D eigenvalue weighted by Gasteiger charge is -2.27. The fourth-order valence-electron chi connectivity index (χ4n) is 3.68. The van der Waals surface area contributed by atoms with Gasteiger partial charge in [0.2, 0.25) is 0 Å². The zero-order chi connectivity index (χ0) is 12.6. The van der Waals surface area contributed by atoms with Crippen LogP contribution < -0.4 is 10.6 Å². The van der Waals surface area contributed by atoms with Crippen LogP contribution in [0.15, 0.2) is 18.2 Å². The van der Waals surface area contributed by atoms with Gasteiger partial charge in [-0.2, -0.15) is 0 Å². The summed E-state index contributed by atoms with van der Waals surface area (Å²) in [5.74, 6) is 0. The van der Waals surface area contributed by atoms with E-state index in [4.69, 9.17) is 0 Å². The van der Waals surface area contributed by atoms with Gasteiger partial charge in [-0.3, -0.25) is 0 Å². The second kappa shape index (κ2) is 4.67. The van der Waals surface area contributed by atoms with Gasteiger partial charge in [0.15, 0.2) is 0 Å². The monoisotopic (exact) mass is 244 g/mol. The molecule has 1 unspecified atom stereocenters. The first kappa shape index (κ1) is 12.2. The average molecular weight is 244 g/mol. The molecule has 0 heterocycles. The minimum atomic E-state index is 0.455. The molecular formula is C16H24N2. The Kier molecular flexibility index (Phi) is 3.16. The van der Waals surface area contributed by atoms with Crippen LogP contribution in [-0.2, 0) is 12.8 Å². The molecule has 2 N–H and O–H groups in total. The van der Waals surface area contributed by atoms with Gasteiger partial charge in [-0.25, -0.2) is 0 Å². The Morgan fingerprint density at radius 2 is 1.94 bits per heavy atom. The van der Waals surface area contributed by atoms with Crippen LogP contribution in [0.2, 0.25) is 0 Å². The van der Waals surface area contributed by atoms with E-state index in [0.717, 1.165) is 6.54 Å². The zero-order valence-electron chi connectivity index (χ0n) is 11.6. The molecule has 1 aromatic rings. The number of benzene rings is 1. The average Bonchev–Trinajstić information content (AvgIpc) is 2.99. The number of nitrogens with one attached hydrogen (secondary N) is 2. The molecule has 0 amide bonds. The Morgan fingerprint density at radius 1 is 1.17 bits per heavy atom. The number of rotatable bonds is 5. The van der Waals surface area contributed by atoms with E-state index in [-0.39, 0.29) is 0 Å². The third-order valence-electron chi connectivity index (χ3n) is 4.78. The van der Waals surface area contributed by atoms with Gasteiger partial charge in [0.05, 0.1) is 0 Å². The quantitative estimate of drug-likeness (QED) is 0.831. The molecule has 18 heavy (non-hydrogen) atoms. The van der Waals surface area contributed by atoms with Gasteiger partial charge < -0.3 is 10.6 Å². The first-order chi connectivity index (χ1) is 8.79. The normalized spacial score (nSPS) is 21.7. The summed E-state index contributed by atoms with van der Waals surface area (Å²) in [6, 6.07) is 7.67. The third-order valence-corrected chi connectivity index (χ3v) is 4.78. The molecular weight excluding hydrogens is 220 g/mol. The van der Waals surface area contributed by atoms with E-state index in [1.807, 2.05) is 0 Å². The van der Waals surface area contributed by atoms with Crippen LogP contribution in [0.3, 0.4) is 0 Å². The molecule has 0 radical (unpaired) electrons. The smallest absolute Gasteiger partial charge is 0.0387 e. The predicted molar refractivity (Wildman–Crippen MR) is 75.9 cm³/mol. The molecule has 1 aromatic carbocycles. The standard InChI is InChI=1S/C16H24N2/c1-17-11-16(8-9-16)15(18-2)14-7-6-12-4-3-5-13(12)10-14/h6-7,10,15,17-18H,3-5,8-9,11H2,1-2H3. The van der Waals surface area contributed by atoms with Crippen LogP contribution in [-0.4, -0.2) is 20.6 Å². The van der Waals surface area contributed by atoms with Gasteiger partial charge in [-0.1, -0.05) is 18.2 Å². The largest absolute Gasteiger partial charge is 0.319 e. The highest BCUT2D eigenvalue weighted by atomic mass is 15.0. The maximum atomic E-state index is 3.56. The van der Waals surface area contributed by atoms with Crippen molar-refractivity contribution in [2.75, 3.05) is 20.6 Å². The number of aryl methyl sites for hydroxylation is 2. The summed E-state index contributed by atoms with van der Waals surface area (Å²) in [6.07, 6.45) is 6.58. The predicted octanol–water partition coefficient (Wildman–Crippen LogP) is 2.44. The van der Waals surface area contributed by atoms with Gasteiger partial charge >= 0.3 is 0 Å². The second-order valence-electron chi connectivity index (χ2n) is 6.00. The van der Waals surface area contributed by atoms with Crippen LogP contribution in [0.4, 0.5) is 0 Å². The Bertz CT molecular complexity index is 435. The molecule has 1 fully saturated rings. The molecule has 0 aromatic heterocycles. The molecule has 0 bridgehead atoms. The molecule has 2 nitrogen and oxygen atoms in total. The van der Waals surface area contributed by atoms with Crippen molar-refractivity contribution in [2.45, 2.75) is 38.1 Å². The van der Waals surface area contributed by atoms with Gasteiger partial charge in [0.1, 0.15) is 0 Å². The first-order valence-corrected chi connectivity index (χ1v) is 7.23. The van der Waals surface area contributed by atoms with Crippen molar-refractivity contribution in [1.82, 2.24) is 10.6 Å². The molecule has 2 heteroatoms. The summed E-state index contributed by atoms with van der Waals surface area (Å²) < 4.78 is 0. The topological polar surface area (TPSA) is 24.1 Å². The Hall–Kier alpha value is -0.860. The van der Waals surface area contributed by atoms with Crippen LogP contribution in [0, 0.1) is 5.41 Å². The van der Waals surface area contributed by atoms with E-state index in [0.29, 0.717) is 11.5 Å².